The minimum absolute atomic E-state index is 0.0149. The van der Waals surface area contributed by atoms with E-state index in [1.54, 1.807) is 20.2 Å². The maximum atomic E-state index is 13.9. The number of likely N-dealkylation sites (N-methyl/N-ethyl adjacent to an activating group) is 1. The van der Waals surface area contributed by atoms with Gasteiger partial charge < -0.3 is 30.6 Å². The number of carbonyl (C=O) groups excluding carboxylic acids is 3. The molecular formula is C29H26N2O8. The molecule has 0 bridgehead atoms. The number of nitrogens with zero attached hydrogens (tertiary/aromatic N) is 1. The molecule has 1 heterocycles. The molecule has 2 aromatic carbocycles. The lowest BCUT2D eigenvalue weighted by atomic mass is 9.58. The lowest BCUT2D eigenvalue weighted by molar-refractivity contribution is -0.148. The molecule has 0 saturated carbocycles. The molecule has 200 valence electrons. The molecule has 10 nitrogen and oxygen atoms in total. The fourth-order valence-electron chi connectivity index (χ4n) is 6.60. The molecule has 6 N–H and O–H groups in total. The first-order valence-corrected chi connectivity index (χ1v) is 12.4. The van der Waals surface area contributed by atoms with Gasteiger partial charge in [0.25, 0.3) is 5.91 Å². The van der Waals surface area contributed by atoms with Crippen LogP contribution in [-0.2, 0) is 16.0 Å². The van der Waals surface area contributed by atoms with Crippen molar-refractivity contribution in [2.24, 2.45) is 17.6 Å². The number of furan rings is 1. The first-order valence-electron chi connectivity index (χ1n) is 12.4. The fraction of sp³-hybridized carbons (Fsp3) is 0.276. The van der Waals surface area contributed by atoms with Gasteiger partial charge in [0.05, 0.1) is 11.6 Å². The molecule has 0 saturated heterocycles. The number of benzene rings is 2. The molecule has 10 heteroatoms. The molecule has 1 aromatic heterocycles. The number of hydrogen-bond donors (Lipinski definition) is 5. The molecule has 0 fully saturated rings. The molecule has 0 unspecified atom stereocenters. The van der Waals surface area contributed by atoms with Crippen molar-refractivity contribution in [3.05, 3.63) is 76.3 Å². The topological polar surface area (TPSA) is 175 Å². The Balaban J connectivity index is 1.55. The third-order valence-electron chi connectivity index (χ3n) is 8.30. The van der Waals surface area contributed by atoms with E-state index in [0.717, 1.165) is 5.39 Å². The van der Waals surface area contributed by atoms with Crippen LogP contribution in [0.1, 0.15) is 22.3 Å². The van der Waals surface area contributed by atoms with Crippen molar-refractivity contribution in [2.75, 3.05) is 14.1 Å². The summed E-state index contributed by atoms with van der Waals surface area (Å²) in [6.07, 6.45) is 0.191. The van der Waals surface area contributed by atoms with Gasteiger partial charge in [0.2, 0.25) is 5.78 Å². The van der Waals surface area contributed by atoms with Crippen molar-refractivity contribution in [1.29, 1.82) is 0 Å². The van der Waals surface area contributed by atoms with Gasteiger partial charge in [-0.2, -0.15) is 0 Å². The zero-order valence-electron chi connectivity index (χ0n) is 21.1. The Hall–Kier alpha value is -4.41. The molecular weight excluding hydrogens is 504 g/mol. The SMILES string of the molecule is CN(C)[C@H]1C(O)=C(C(N)=O)C(=O)[C@@]2(O)C(O)=C3C(=O)c4c(O)ccc(-c5cc6ccccc6o5)c4C[C@@H]3C[C@H]12. The number of aliphatic hydroxyl groups excluding tert-OH is 2. The van der Waals surface area contributed by atoms with Gasteiger partial charge in [0.15, 0.2) is 11.4 Å². The Morgan fingerprint density at radius 2 is 1.82 bits per heavy atom. The average molecular weight is 531 g/mol. The van der Waals surface area contributed by atoms with Crippen molar-refractivity contribution in [3.8, 4) is 17.1 Å². The van der Waals surface area contributed by atoms with E-state index in [1.165, 1.54) is 11.0 Å². The highest BCUT2D eigenvalue weighted by atomic mass is 16.4. The van der Waals surface area contributed by atoms with Gasteiger partial charge in [-0.3, -0.25) is 19.3 Å². The Labute approximate surface area is 222 Å². The number of phenols is 1. The molecule has 1 amide bonds. The molecule has 6 rings (SSSR count). The number of Topliss-reactive ketones (excluding diaryl/α,β-unsaturated/α-hetero) is 2. The maximum absolute atomic E-state index is 13.9. The summed E-state index contributed by atoms with van der Waals surface area (Å²) in [6.45, 7) is 0. The van der Waals surface area contributed by atoms with Crippen LogP contribution in [-0.4, -0.2) is 68.5 Å². The third-order valence-corrected chi connectivity index (χ3v) is 8.30. The van der Waals surface area contributed by atoms with Crippen molar-refractivity contribution in [1.82, 2.24) is 4.90 Å². The highest BCUT2D eigenvalue weighted by molar-refractivity contribution is 6.24. The van der Waals surface area contributed by atoms with E-state index < -0.39 is 58.0 Å². The Morgan fingerprint density at radius 1 is 1.10 bits per heavy atom. The van der Waals surface area contributed by atoms with Crippen molar-refractivity contribution < 1.29 is 39.2 Å². The average Bonchev–Trinajstić information content (AvgIpc) is 3.30. The molecule has 3 aliphatic rings. The maximum Gasteiger partial charge on any atom is 0.255 e. The number of carbonyl (C=O) groups is 3. The number of phenolic OH excluding ortho intramolecular Hbond substituents is 1. The second-order valence-corrected chi connectivity index (χ2v) is 10.6. The predicted molar refractivity (Wildman–Crippen MR) is 139 cm³/mol. The second-order valence-electron chi connectivity index (χ2n) is 10.6. The van der Waals surface area contributed by atoms with Crippen LogP contribution in [0.15, 0.2) is 69.5 Å². The van der Waals surface area contributed by atoms with Gasteiger partial charge in [-0.05, 0) is 62.7 Å². The lowest BCUT2D eigenvalue weighted by Crippen LogP contribution is -2.63. The molecule has 0 aliphatic heterocycles. The summed E-state index contributed by atoms with van der Waals surface area (Å²) < 4.78 is 6.04. The van der Waals surface area contributed by atoms with Crippen LogP contribution in [0.25, 0.3) is 22.3 Å². The molecule has 0 radical (unpaired) electrons. The highest BCUT2D eigenvalue weighted by Gasteiger charge is 2.63. The van der Waals surface area contributed by atoms with E-state index in [9.17, 15) is 34.8 Å². The Morgan fingerprint density at radius 3 is 2.49 bits per heavy atom. The van der Waals surface area contributed by atoms with E-state index in [0.29, 0.717) is 22.5 Å². The summed E-state index contributed by atoms with van der Waals surface area (Å²) in [4.78, 5) is 40.9. The summed E-state index contributed by atoms with van der Waals surface area (Å²) in [5.74, 6) is -6.34. The fourth-order valence-corrected chi connectivity index (χ4v) is 6.60. The number of ketones is 2. The second kappa shape index (κ2) is 8.29. The zero-order valence-corrected chi connectivity index (χ0v) is 21.1. The van der Waals surface area contributed by atoms with Crippen molar-refractivity contribution in [2.45, 2.75) is 24.5 Å². The number of hydrogen-bond acceptors (Lipinski definition) is 9. The van der Waals surface area contributed by atoms with Crippen LogP contribution in [0, 0.1) is 11.8 Å². The number of rotatable bonds is 3. The van der Waals surface area contributed by atoms with Crippen molar-refractivity contribution >= 4 is 28.4 Å². The largest absolute Gasteiger partial charge is 0.510 e. The van der Waals surface area contributed by atoms with E-state index >= 15 is 0 Å². The third kappa shape index (κ3) is 3.25. The standard InChI is InChI=1S/C29H26N2O8/c1-31(2)23-16-10-13-9-15-14(19-11-12-5-3-4-6-18(12)39-19)7-8-17(32)21(15)24(33)20(13)26(35)29(16,38)27(36)22(25(23)34)28(30)37/h3-8,11,13,16,23,32,34-35,38H,9-10H2,1-2H3,(H2,30,37)/t13-,16-,23-,29+/m1/s1. The van der Waals surface area contributed by atoms with Gasteiger partial charge in [-0.1, -0.05) is 18.2 Å². The lowest BCUT2D eigenvalue weighted by Gasteiger charge is -2.50. The molecule has 3 aromatic rings. The summed E-state index contributed by atoms with van der Waals surface area (Å²) in [5.41, 5.74) is 3.35. The van der Waals surface area contributed by atoms with Crippen LogP contribution in [0.2, 0.25) is 0 Å². The summed E-state index contributed by atoms with van der Waals surface area (Å²) in [5, 5.41) is 45.6. The highest BCUT2D eigenvalue weighted by Crippen LogP contribution is 2.53. The number of aromatic hydroxyl groups is 1. The van der Waals surface area contributed by atoms with Crippen LogP contribution in [0.5, 0.6) is 5.75 Å². The molecule has 0 spiro atoms. The van der Waals surface area contributed by atoms with Gasteiger partial charge in [-0.25, -0.2) is 0 Å². The number of para-hydroxylation sites is 1. The normalized spacial score (nSPS) is 26.6. The van der Waals surface area contributed by atoms with Gasteiger partial charge >= 0.3 is 0 Å². The Bertz CT molecular complexity index is 1650. The number of amides is 1. The predicted octanol–water partition coefficient (Wildman–Crippen LogP) is 2.53. The summed E-state index contributed by atoms with van der Waals surface area (Å²) in [7, 11) is 3.18. The number of allylic oxidation sites excluding steroid dienone is 1. The summed E-state index contributed by atoms with van der Waals surface area (Å²) in [6, 6.07) is 11.2. The Kier molecular flexibility index (Phi) is 5.29. The van der Waals surface area contributed by atoms with Crippen LogP contribution in [0.3, 0.4) is 0 Å². The first-order chi connectivity index (χ1) is 18.5. The van der Waals surface area contributed by atoms with Gasteiger partial charge in [-0.15, -0.1) is 0 Å². The summed E-state index contributed by atoms with van der Waals surface area (Å²) >= 11 is 0. The van der Waals surface area contributed by atoms with E-state index in [1.807, 2.05) is 30.3 Å². The minimum Gasteiger partial charge on any atom is -0.510 e. The number of fused-ring (bicyclic) bond motifs is 4. The van der Waals surface area contributed by atoms with E-state index in [2.05, 4.69) is 0 Å². The smallest absolute Gasteiger partial charge is 0.255 e. The first kappa shape index (κ1) is 24.9. The monoisotopic (exact) mass is 530 g/mol. The van der Waals surface area contributed by atoms with Crippen LogP contribution >= 0.6 is 0 Å². The molecule has 4 atom stereocenters. The molecule has 3 aliphatic carbocycles. The quantitative estimate of drug-likeness (QED) is 0.319. The van der Waals surface area contributed by atoms with Gasteiger partial charge in [0, 0.05) is 22.4 Å². The number of aliphatic hydroxyl groups is 3. The number of primary amides is 1. The van der Waals surface area contributed by atoms with Crippen molar-refractivity contribution in [3.63, 3.8) is 0 Å². The zero-order chi connectivity index (χ0) is 28.0. The van der Waals surface area contributed by atoms with Crippen LogP contribution in [0.4, 0.5) is 0 Å². The minimum atomic E-state index is -2.67. The van der Waals surface area contributed by atoms with E-state index in [4.69, 9.17) is 10.2 Å². The van der Waals surface area contributed by atoms with Crippen LogP contribution < -0.4 is 5.73 Å². The van der Waals surface area contributed by atoms with Gasteiger partial charge in [0.1, 0.15) is 34.2 Å². The van der Waals surface area contributed by atoms with E-state index in [-0.39, 0.29) is 29.7 Å². The molecule has 39 heavy (non-hydrogen) atoms. The number of nitrogens with two attached hydrogens (primary N) is 1.